The van der Waals surface area contributed by atoms with Gasteiger partial charge < -0.3 is 10.2 Å². The molecular weight excluding hydrogens is 400 g/mol. The van der Waals surface area contributed by atoms with Gasteiger partial charge in [0.05, 0.1) is 11.9 Å². The standard InChI is InChI=1S/C25H32N6O/c1-15-11-26-30(2)24(15)22-5-6-23(29-28-22)27-25(32)18-9-20-13-31(14-21(20)10-18)12-19-8-16-3-4-17(19)7-16/h3-6,11,16-21H,7-10,12-14H2,1-2H3,(H,27,29,32). The van der Waals surface area contributed by atoms with Crippen LogP contribution in [0, 0.1) is 42.4 Å². The van der Waals surface area contributed by atoms with E-state index in [1.807, 2.05) is 32.3 Å². The van der Waals surface area contributed by atoms with Crippen molar-refractivity contribution in [2.24, 2.45) is 42.6 Å². The fraction of sp³-hybridized carbons (Fsp3) is 0.600. The number of nitrogens with zero attached hydrogens (tertiary/aromatic N) is 5. The predicted octanol–water partition coefficient (Wildman–Crippen LogP) is 3.29. The van der Waals surface area contributed by atoms with Gasteiger partial charge in [0.15, 0.2) is 5.82 Å². The van der Waals surface area contributed by atoms with Gasteiger partial charge in [-0.2, -0.15) is 5.10 Å². The number of anilines is 1. The van der Waals surface area contributed by atoms with E-state index in [1.54, 1.807) is 4.68 Å². The molecule has 32 heavy (non-hydrogen) atoms. The van der Waals surface area contributed by atoms with E-state index in [2.05, 4.69) is 37.7 Å². The Morgan fingerprint density at radius 3 is 2.50 bits per heavy atom. The second-order valence-corrected chi connectivity index (χ2v) is 10.5. The summed E-state index contributed by atoms with van der Waals surface area (Å²) in [5, 5.41) is 15.8. The summed E-state index contributed by atoms with van der Waals surface area (Å²) in [6.45, 7) is 5.61. The van der Waals surface area contributed by atoms with E-state index in [4.69, 9.17) is 0 Å². The second kappa shape index (κ2) is 7.80. The summed E-state index contributed by atoms with van der Waals surface area (Å²) in [6.07, 6.45) is 11.5. The molecule has 3 aliphatic carbocycles. The lowest BCUT2D eigenvalue weighted by Gasteiger charge is -2.26. The number of likely N-dealkylation sites (tertiary alicyclic amines) is 1. The normalized spacial score (nSPS) is 33.2. The number of hydrogen-bond acceptors (Lipinski definition) is 5. The largest absolute Gasteiger partial charge is 0.309 e. The highest BCUT2D eigenvalue weighted by Crippen LogP contribution is 2.46. The second-order valence-electron chi connectivity index (χ2n) is 10.5. The van der Waals surface area contributed by atoms with E-state index < -0.39 is 0 Å². The number of fused-ring (bicyclic) bond motifs is 3. The van der Waals surface area contributed by atoms with Crippen LogP contribution in [0.1, 0.15) is 31.2 Å². The quantitative estimate of drug-likeness (QED) is 0.734. The summed E-state index contributed by atoms with van der Waals surface area (Å²) in [5.74, 6) is 4.60. The minimum absolute atomic E-state index is 0.0957. The predicted molar refractivity (Wildman–Crippen MR) is 123 cm³/mol. The first-order chi connectivity index (χ1) is 15.5. The fourth-order valence-corrected chi connectivity index (χ4v) is 6.87. The number of carbonyl (C=O) groups excluding carboxylic acids is 1. The van der Waals surface area contributed by atoms with Gasteiger partial charge in [0.2, 0.25) is 5.91 Å². The Hall–Kier alpha value is -2.54. The van der Waals surface area contributed by atoms with Crippen LogP contribution in [0.3, 0.4) is 0 Å². The van der Waals surface area contributed by atoms with Crippen LogP contribution in [-0.4, -0.2) is 50.4 Å². The van der Waals surface area contributed by atoms with Gasteiger partial charge in [0.1, 0.15) is 5.69 Å². The molecule has 168 valence electrons. The molecule has 6 rings (SSSR count). The molecule has 1 aliphatic heterocycles. The summed E-state index contributed by atoms with van der Waals surface area (Å²) < 4.78 is 1.80. The summed E-state index contributed by atoms with van der Waals surface area (Å²) >= 11 is 0. The number of rotatable bonds is 5. The number of amides is 1. The Morgan fingerprint density at radius 2 is 1.91 bits per heavy atom. The molecule has 2 aromatic rings. The summed E-state index contributed by atoms with van der Waals surface area (Å²) in [7, 11) is 1.90. The SMILES string of the molecule is Cc1cnn(C)c1-c1ccc(NC(=O)C2CC3CN(CC4CC5C=CC4C5)CC3C2)nn1. The molecule has 1 N–H and O–H groups in total. The Kier molecular flexibility index (Phi) is 4.90. The number of allylic oxidation sites excluding steroid dienone is 2. The third-order valence-corrected chi connectivity index (χ3v) is 8.39. The highest BCUT2D eigenvalue weighted by Gasteiger charge is 2.45. The van der Waals surface area contributed by atoms with Gasteiger partial charge in [0, 0.05) is 32.6 Å². The highest BCUT2D eigenvalue weighted by molar-refractivity contribution is 5.91. The van der Waals surface area contributed by atoms with Crippen molar-refractivity contribution < 1.29 is 4.79 Å². The van der Waals surface area contributed by atoms with Crippen molar-refractivity contribution in [2.75, 3.05) is 25.0 Å². The van der Waals surface area contributed by atoms with Gasteiger partial charge in [-0.05, 0) is 79.9 Å². The van der Waals surface area contributed by atoms with Gasteiger partial charge in [-0.1, -0.05) is 12.2 Å². The number of carbonyl (C=O) groups is 1. The summed E-state index contributed by atoms with van der Waals surface area (Å²) in [5.41, 5.74) is 2.77. The van der Waals surface area contributed by atoms with Crippen molar-refractivity contribution in [1.29, 1.82) is 0 Å². The van der Waals surface area contributed by atoms with Gasteiger partial charge in [-0.15, -0.1) is 10.2 Å². The minimum Gasteiger partial charge on any atom is -0.309 e. The molecule has 2 saturated carbocycles. The van der Waals surface area contributed by atoms with E-state index in [1.165, 1.54) is 32.5 Å². The Balaban J connectivity index is 1.02. The highest BCUT2D eigenvalue weighted by atomic mass is 16.2. The molecular formula is C25H32N6O. The van der Waals surface area contributed by atoms with Crippen LogP contribution in [-0.2, 0) is 11.8 Å². The Morgan fingerprint density at radius 1 is 1.09 bits per heavy atom. The van der Waals surface area contributed by atoms with E-state index in [0.717, 1.165) is 47.5 Å². The van der Waals surface area contributed by atoms with Gasteiger partial charge in [-0.3, -0.25) is 9.48 Å². The van der Waals surface area contributed by atoms with Crippen molar-refractivity contribution in [1.82, 2.24) is 24.9 Å². The maximum Gasteiger partial charge on any atom is 0.228 e. The van der Waals surface area contributed by atoms with Crippen molar-refractivity contribution in [3.05, 3.63) is 36.0 Å². The molecule has 7 heteroatoms. The molecule has 3 heterocycles. The lowest BCUT2D eigenvalue weighted by atomic mass is 9.93. The average molecular weight is 433 g/mol. The lowest BCUT2D eigenvalue weighted by molar-refractivity contribution is -0.119. The van der Waals surface area contributed by atoms with Crippen LogP contribution in [0.2, 0.25) is 0 Å². The first-order valence-corrected chi connectivity index (χ1v) is 12.1. The van der Waals surface area contributed by atoms with Crippen LogP contribution < -0.4 is 5.32 Å². The number of aromatic nitrogens is 4. The van der Waals surface area contributed by atoms with Crippen molar-refractivity contribution in [3.8, 4) is 11.4 Å². The van der Waals surface area contributed by atoms with E-state index in [9.17, 15) is 4.79 Å². The van der Waals surface area contributed by atoms with E-state index in [-0.39, 0.29) is 11.8 Å². The molecule has 4 aliphatic rings. The minimum atomic E-state index is 0.0957. The molecule has 7 nitrogen and oxygen atoms in total. The molecule has 1 amide bonds. The Bertz CT molecular complexity index is 1010. The molecule has 5 unspecified atom stereocenters. The summed E-state index contributed by atoms with van der Waals surface area (Å²) in [4.78, 5) is 15.6. The third kappa shape index (κ3) is 3.56. The smallest absolute Gasteiger partial charge is 0.228 e. The molecule has 2 aromatic heterocycles. The fourth-order valence-electron chi connectivity index (χ4n) is 6.87. The zero-order valence-electron chi connectivity index (χ0n) is 18.9. The van der Waals surface area contributed by atoms with E-state index >= 15 is 0 Å². The van der Waals surface area contributed by atoms with Crippen molar-refractivity contribution in [3.63, 3.8) is 0 Å². The maximum atomic E-state index is 12.9. The molecule has 0 radical (unpaired) electrons. The lowest BCUT2D eigenvalue weighted by Crippen LogP contribution is -2.31. The molecule has 3 fully saturated rings. The van der Waals surface area contributed by atoms with Crippen LogP contribution >= 0.6 is 0 Å². The van der Waals surface area contributed by atoms with Crippen LogP contribution in [0.15, 0.2) is 30.5 Å². The molecule has 0 aromatic carbocycles. The maximum absolute atomic E-state index is 12.9. The van der Waals surface area contributed by atoms with Crippen LogP contribution in [0.25, 0.3) is 11.4 Å². The topological polar surface area (TPSA) is 75.9 Å². The molecule has 5 atom stereocenters. The molecule has 2 bridgehead atoms. The number of aryl methyl sites for hydroxylation is 2. The zero-order valence-corrected chi connectivity index (χ0v) is 18.9. The number of nitrogens with one attached hydrogen (secondary N) is 1. The summed E-state index contributed by atoms with van der Waals surface area (Å²) in [6, 6.07) is 3.74. The van der Waals surface area contributed by atoms with Crippen molar-refractivity contribution in [2.45, 2.75) is 32.6 Å². The zero-order chi connectivity index (χ0) is 21.8. The molecule has 1 saturated heterocycles. The monoisotopic (exact) mass is 432 g/mol. The average Bonchev–Trinajstić information content (AvgIpc) is 3.57. The van der Waals surface area contributed by atoms with Gasteiger partial charge >= 0.3 is 0 Å². The van der Waals surface area contributed by atoms with Gasteiger partial charge in [0.25, 0.3) is 0 Å². The molecule has 0 spiro atoms. The number of hydrogen-bond donors (Lipinski definition) is 1. The van der Waals surface area contributed by atoms with E-state index in [0.29, 0.717) is 17.7 Å². The third-order valence-electron chi connectivity index (χ3n) is 8.39. The first-order valence-electron chi connectivity index (χ1n) is 12.1. The first kappa shape index (κ1) is 20.1. The van der Waals surface area contributed by atoms with Crippen LogP contribution in [0.4, 0.5) is 5.82 Å². The van der Waals surface area contributed by atoms with Crippen LogP contribution in [0.5, 0.6) is 0 Å². The van der Waals surface area contributed by atoms with Crippen molar-refractivity contribution >= 4 is 11.7 Å². The van der Waals surface area contributed by atoms with Gasteiger partial charge in [-0.25, -0.2) is 0 Å². The Labute approximate surface area is 189 Å².